The van der Waals surface area contributed by atoms with Crippen LogP contribution in [-0.2, 0) is 6.18 Å². The van der Waals surface area contributed by atoms with Crippen LogP contribution in [0.1, 0.15) is 19.0 Å². The van der Waals surface area contributed by atoms with E-state index in [1.807, 2.05) is 13.2 Å². The molecule has 0 aromatic carbocycles. The first-order valence-corrected chi connectivity index (χ1v) is 7.25. The van der Waals surface area contributed by atoms with Gasteiger partial charge in [0.2, 0.25) is 0 Å². The van der Waals surface area contributed by atoms with Crippen molar-refractivity contribution in [1.82, 2.24) is 4.98 Å². The quantitative estimate of drug-likeness (QED) is 0.905. The molecule has 7 heteroatoms. The van der Waals surface area contributed by atoms with Crippen LogP contribution in [0.3, 0.4) is 0 Å². The van der Waals surface area contributed by atoms with E-state index in [1.165, 1.54) is 0 Å². The maximum Gasteiger partial charge on any atom is 0.433 e. The highest BCUT2D eigenvalue weighted by molar-refractivity contribution is 7.98. The summed E-state index contributed by atoms with van der Waals surface area (Å²) in [5.41, 5.74) is 5.47. The molecule has 0 saturated heterocycles. The maximum absolute atomic E-state index is 12.7. The summed E-state index contributed by atoms with van der Waals surface area (Å²) in [6.07, 6.45) is -0.584. The molecule has 19 heavy (non-hydrogen) atoms. The van der Waals surface area contributed by atoms with Crippen molar-refractivity contribution in [3.63, 3.8) is 0 Å². The van der Waals surface area contributed by atoms with Gasteiger partial charge in [0, 0.05) is 18.8 Å². The largest absolute Gasteiger partial charge is 0.433 e. The maximum atomic E-state index is 12.7. The number of anilines is 2. The van der Waals surface area contributed by atoms with Gasteiger partial charge in [0.1, 0.15) is 5.69 Å². The molecule has 0 radical (unpaired) electrons. The van der Waals surface area contributed by atoms with Gasteiger partial charge in [-0.2, -0.15) is 24.9 Å². The van der Waals surface area contributed by atoms with E-state index in [9.17, 15) is 13.2 Å². The van der Waals surface area contributed by atoms with Gasteiger partial charge in [0.05, 0.1) is 17.6 Å². The molecular formula is C12H18F3N3S. The first kappa shape index (κ1) is 15.9. The summed E-state index contributed by atoms with van der Waals surface area (Å²) < 4.78 is 38.0. The minimum absolute atomic E-state index is 0.140. The Balaban J connectivity index is 3.11. The summed E-state index contributed by atoms with van der Waals surface area (Å²) in [5, 5.41) is 0. The highest BCUT2D eigenvalue weighted by atomic mass is 32.2. The van der Waals surface area contributed by atoms with Crippen LogP contribution in [0.25, 0.3) is 0 Å². The van der Waals surface area contributed by atoms with Crippen molar-refractivity contribution in [2.24, 2.45) is 0 Å². The Morgan fingerprint density at radius 3 is 2.58 bits per heavy atom. The van der Waals surface area contributed by atoms with Crippen molar-refractivity contribution >= 4 is 23.1 Å². The third-order valence-corrected chi connectivity index (χ3v) is 3.68. The Labute approximate surface area is 115 Å². The molecule has 0 fully saturated rings. The van der Waals surface area contributed by atoms with Crippen LogP contribution < -0.4 is 10.6 Å². The average Bonchev–Trinajstić information content (AvgIpc) is 2.34. The Hall–Kier alpha value is -1.11. The lowest BCUT2D eigenvalue weighted by molar-refractivity contribution is -0.141. The van der Waals surface area contributed by atoms with Crippen molar-refractivity contribution < 1.29 is 13.2 Å². The number of rotatable bonds is 5. The second kappa shape index (κ2) is 6.36. The molecule has 0 spiro atoms. The van der Waals surface area contributed by atoms with E-state index in [4.69, 9.17) is 5.73 Å². The number of thioether (sulfide) groups is 1. The average molecular weight is 293 g/mol. The molecule has 0 aliphatic heterocycles. The zero-order valence-electron chi connectivity index (χ0n) is 11.2. The monoisotopic (exact) mass is 293 g/mol. The van der Waals surface area contributed by atoms with Crippen LogP contribution in [-0.4, -0.2) is 30.1 Å². The number of aromatic nitrogens is 1. The van der Waals surface area contributed by atoms with Crippen LogP contribution in [0.15, 0.2) is 12.3 Å². The van der Waals surface area contributed by atoms with Gasteiger partial charge in [-0.25, -0.2) is 4.98 Å². The summed E-state index contributed by atoms with van der Waals surface area (Å²) in [7, 11) is 1.76. The fraction of sp³-hybridized carbons (Fsp3) is 0.583. The van der Waals surface area contributed by atoms with Gasteiger partial charge in [-0.05, 0) is 18.7 Å². The Bertz CT molecular complexity index is 423. The fourth-order valence-electron chi connectivity index (χ4n) is 1.81. The van der Waals surface area contributed by atoms with Crippen LogP contribution in [0, 0.1) is 0 Å². The summed E-state index contributed by atoms with van der Waals surface area (Å²) in [6, 6.07) is 1.15. The lowest BCUT2D eigenvalue weighted by Gasteiger charge is -2.30. The lowest BCUT2D eigenvalue weighted by Crippen LogP contribution is -2.34. The molecule has 0 aliphatic carbocycles. The first-order valence-electron chi connectivity index (χ1n) is 5.85. The highest BCUT2D eigenvalue weighted by Gasteiger charge is 2.33. The van der Waals surface area contributed by atoms with Crippen LogP contribution in [0.2, 0.25) is 0 Å². The number of alkyl halides is 3. The number of nitrogens with zero attached hydrogens (tertiary/aromatic N) is 2. The minimum atomic E-state index is -4.45. The van der Waals surface area contributed by atoms with E-state index in [0.29, 0.717) is 5.69 Å². The number of hydrogen-bond acceptors (Lipinski definition) is 4. The van der Waals surface area contributed by atoms with Gasteiger partial charge in [-0.15, -0.1) is 0 Å². The van der Waals surface area contributed by atoms with Gasteiger partial charge >= 0.3 is 6.18 Å². The molecule has 1 atom stereocenters. The van der Waals surface area contributed by atoms with Crippen molar-refractivity contribution in [3.05, 3.63) is 18.0 Å². The number of pyridine rings is 1. The molecule has 0 amide bonds. The van der Waals surface area contributed by atoms with E-state index in [1.54, 1.807) is 23.7 Å². The second-order valence-corrected chi connectivity index (χ2v) is 5.17. The fourth-order valence-corrected chi connectivity index (χ4v) is 2.65. The topological polar surface area (TPSA) is 42.2 Å². The van der Waals surface area contributed by atoms with Crippen molar-refractivity contribution in [1.29, 1.82) is 0 Å². The number of halogens is 3. The third kappa shape index (κ3) is 3.92. The normalized spacial score (nSPS) is 13.4. The Morgan fingerprint density at radius 1 is 1.47 bits per heavy atom. The van der Waals surface area contributed by atoms with Crippen LogP contribution >= 0.6 is 11.8 Å². The van der Waals surface area contributed by atoms with Gasteiger partial charge in [-0.1, -0.05) is 6.92 Å². The summed E-state index contributed by atoms with van der Waals surface area (Å²) in [4.78, 5) is 5.14. The van der Waals surface area contributed by atoms with E-state index >= 15 is 0 Å². The second-order valence-electron chi connectivity index (χ2n) is 4.25. The zero-order valence-corrected chi connectivity index (χ0v) is 12.0. The predicted octanol–water partition coefficient (Wildman–Crippen LogP) is 3.26. The van der Waals surface area contributed by atoms with Gasteiger partial charge in [-0.3, -0.25) is 0 Å². The Morgan fingerprint density at radius 2 is 2.11 bits per heavy atom. The molecule has 1 aromatic rings. The van der Waals surface area contributed by atoms with Crippen LogP contribution in [0.5, 0.6) is 0 Å². The molecule has 0 saturated carbocycles. The molecule has 0 aliphatic rings. The third-order valence-electron chi connectivity index (χ3n) is 2.96. The molecule has 0 bridgehead atoms. The minimum Gasteiger partial charge on any atom is -0.396 e. The molecular weight excluding hydrogens is 275 g/mol. The van der Waals surface area contributed by atoms with E-state index < -0.39 is 11.9 Å². The van der Waals surface area contributed by atoms with E-state index in [-0.39, 0.29) is 11.7 Å². The number of nitrogens with two attached hydrogens (primary N) is 1. The molecule has 3 nitrogen and oxygen atoms in total. The summed E-state index contributed by atoms with van der Waals surface area (Å²) in [5.74, 6) is 0.829. The Kier molecular flexibility index (Phi) is 5.34. The molecule has 1 unspecified atom stereocenters. The number of hydrogen-bond donors (Lipinski definition) is 1. The molecule has 2 N–H and O–H groups in total. The SMILES string of the molecule is CCC(CSC)N(C)c1cc(C(F)(F)F)ncc1N. The van der Waals surface area contributed by atoms with Gasteiger partial charge in [0.15, 0.2) is 0 Å². The number of nitrogen functional groups attached to an aromatic ring is 1. The highest BCUT2D eigenvalue weighted by Crippen LogP contribution is 2.33. The molecule has 1 heterocycles. The van der Waals surface area contributed by atoms with Crippen molar-refractivity contribution in [2.45, 2.75) is 25.6 Å². The van der Waals surface area contributed by atoms with E-state index in [0.717, 1.165) is 24.4 Å². The summed E-state index contributed by atoms with van der Waals surface area (Å²) >= 11 is 1.65. The lowest BCUT2D eigenvalue weighted by atomic mass is 10.2. The first-order chi connectivity index (χ1) is 8.81. The van der Waals surface area contributed by atoms with Crippen molar-refractivity contribution in [3.8, 4) is 0 Å². The smallest absolute Gasteiger partial charge is 0.396 e. The van der Waals surface area contributed by atoms with Gasteiger partial charge in [0.25, 0.3) is 0 Å². The van der Waals surface area contributed by atoms with Crippen LogP contribution in [0.4, 0.5) is 24.5 Å². The summed E-state index contributed by atoms with van der Waals surface area (Å²) in [6.45, 7) is 2.00. The molecule has 1 rings (SSSR count). The van der Waals surface area contributed by atoms with Crippen molar-refractivity contribution in [2.75, 3.05) is 29.7 Å². The standard InChI is InChI=1S/C12H18F3N3S/c1-4-8(7-19-3)18(2)10-5-11(12(13,14)15)17-6-9(10)16/h5-6,8H,4,7,16H2,1-3H3. The zero-order chi connectivity index (χ0) is 14.6. The van der Waals surface area contributed by atoms with Gasteiger partial charge < -0.3 is 10.6 Å². The predicted molar refractivity (Wildman–Crippen MR) is 74.5 cm³/mol. The molecule has 1 aromatic heterocycles. The van der Waals surface area contributed by atoms with E-state index in [2.05, 4.69) is 4.98 Å². The molecule has 108 valence electrons.